The summed E-state index contributed by atoms with van der Waals surface area (Å²) in [6.07, 6.45) is 3.91. The molecule has 0 aromatic carbocycles. The minimum Gasteiger partial charge on any atom is -0.310 e. The maximum atomic E-state index is 12.7. The average molecular weight is 314 g/mol. The van der Waals surface area contributed by atoms with Crippen LogP contribution < -0.4 is 10.0 Å². The molecule has 0 aliphatic heterocycles. The van der Waals surface area contributed by atoms with Gasteiger partial charge in [-0.3, -0.25) is 5.10 Å². The Morgan fingerprint density at radius 3 is 2.52 bits per heavy atom. The molecule has 1 aliphatic rings. The number of nitrogens with one attached hydrogen (secondary N) is 3. The Balaban J connectivity index is 2.23. The van der Waals surface area contributed by atoms with E-state index in [0.29, 0.717) is 6.54 Å². The van der Waals surface area contributed by atoms with Crippen molar-refractivity contribution in [1.82, 2.24) is 20.2 Å². The Bertz CT molecular complexity index is 586. The van der Waals surface area contributed by atoms with E-state index >= 15 is 0 Å². The molecule has 3 N–H and O–H groups in total. The lowest BCUT2D eigenvalue weighted by Gasteiger charge is -2.24. The lowest BCUT2D eigenvalue weighted by Crippen LogP contribution is -2.44. The van der Waals surface area contributed by atoms with Gasteiger partial charge in [-0.15, -0.1) is 0 Å². The molecule has 2 rings (SSSR count). The van der Waals surface area contributed by atoms with Crippen LogP contribution in [0.3, 0.4) is 0 Å². The van der Waals surface area contributed by atoms with E-state index in [1.54, 1.807) is 0 Å². The smallest absolute Gasteiger partial charge is 0.260 e. The van der Waals surface area contributed by atoms with E-state index in [9.17, 15) is 8.42 Å². The molecule has 0 unspecified atom stereocenters. The molecule has 6 nitrogen and oxygen atoms in total. The first-order chi connectivity index (χ1) is 9.73. The van der Waals surface area contributed by atoms with Gasteiger partial charge in [0.25, 0.3) is 10.0 Å². The summed E-state index contributed by atoms with van der Waals surface area (Å²) in [4.78, 5) is 0. The predicted molar refractivity (Wildman–Crippen MR) is 82.5 cm³/mol. The molecular weight excluding hydrogens is 288 g/mol. The summed E-state index contributed by atoms with van der Waals surface area (Å²) in [5, 5.41) is 10.2. The first-order valence-electron chi connectivity index (χ1n) is 7.55. The third-order valence-electron chi connectivity index (χ3n) is 4.07. The molecule has 7 heteroatoms. The van der Waals surface area contributed by atoms with E-state index in [1.165, 1.54) is 0 Å². The molecule has 1 heterocycles. The van der Waals surface area contributed by atoms with Crippen molar-refractivity contribution < 1.29 is 8.42 Å². The average Bonchev–Trinajstić information content (AvgIpc) is 2.93. The van der Waals surface area contributed by atoms with Gasteiger partial charge in [-0.1, -0.05) is 26.7 Å². The van der Waals surface area contributed by atoms with Gasteiger partial charge in [-0.05, 0) is 26.7 Å². The van der Waals surface area contributed by atoms with Crippen LogP contribution in [0.2, 0.25) is 0 Å². The first kappa shape index (κ1) is 16.5. The minimum atomic E-state index is -3.59. The van der Waals surface area contributed by atoms with Crippen molar-refractivity contribution in [3.63, 3.8) is 0 Å². The zero-order valence-corrected chi connectivity index (χ0v) is 14.1. The fourth-order valence-corrected chi connectivity index (χ4v) is 4.46. The monoisotopic (exact) mass is 314 g/mol. The molecule has 120 valence electrons. The largest absolute Gasteiger partial charge is 0.310 e. The molecule has 0 atom stereocenters. The van der Waals surface area contributed by atoms with Crippen LogP contribution >= 0.6 is 0 Å². The lowest BCUT2D eigenvalue weighted by atomic mass is 10.0. The summed E-state index contributed by atoms with van der Waals surface area (Å²) < 4.78 is 28.2. The molecule has 21 heavy (non-hydrogen) atoms. The number of aromatic amines is 1. The second-order valence-electron chi connectivity index (χ2n) is 6.54. The first-order valence-corrected chi connectivity index (χ1v) is 9.03. The van der Waals surface area contributed by atoms with Gasteiger partial charge in [0.1, 0.15) is 0 Å². The Hall–Kier alpha value is -0.920. The summed E-state index contributed by atoms with van der Waals surface area (Å²) >= 11 is 0. The molecule has 1 aromatic rings. The lowest BCUT2D eigenvalue weighted by molar-refractivity contribution is 0.426. The molecule has 1 aliphatic carbocycles. The van der Waals surface area contributed by atoms with Crippen LogP contribution in [0.15, 0.2) is 5.03 Å². The summed E-state index contributed by atoms with van der Waals surface area (Å²) in [7, 11) is -3.59. The molecule has 1 fully saturated rings. The molecule has 0 bridgehead atoms. The third-order valence-corrected chi connectivity index (χ3v) is 5.67. The van der Waals surface area contributed by atoms with E-state index in [0.717, 1.165) is 36.9 Å². The molecule has 1 saturated carbocycles. The van der Waals surface area contributed by atoms with Crippen LogP contribution in [0.5, 0.6) is 0 Å². The third kappa shape index (κ3) is 3.84. The molecular formula is C14H26N4O2S. The van der Waals surface area contributed by atoms with Gasteiger partial charge in [-0.2, -0.15) is 5.10 Å². The Morgan fingerprint density at radius 1 is 1.33 bits per heavy atom. The van der Waals surface area contributed by atoms with Gasteiger partial charge in [-0.25, -0.2) is 13.1 Å². The van der Waals surface area contributed by atoms with E-state index in [4.69, 9.17) is 0 Å². The second-order valence-corrected chi connectivity index (χ2v) is 8.14. The quantitative estimate of drug-likeness (QED) is 0.747. The van der Waals surface area contributed by atoms with Gasteiger partial charge >= 0.3 is 0 Å². The number of rotatable bonds is 6. The number of aromatic nitrogens is 2. The summed E-state index contributed by atoms with van der Waals surface area (Å²) in [6, 6.07) is 0.287. The van der Waals surface area contributed by atoms with Gasteiger partial charge < -0.3 is 5.32 Å². The predicted octanol–water partition coefficient (Wildman–Crippen LogP) is 1.83. The van der Waals surface area contributed by atoms with Crippen LogP contribution in [-0.4, -0.2) is 30.2 Å². The van der Waals surface area contributed by atoms with Gasteiger partial charge in [0.05, 0.1) is 0 Å². The highest BCUT2D eigenvalue weighted by Gasteiger charge is 2.35. The zero-order valence-electron chi connectivity index (χ0n) is 13.3. The molecule has 0 saturated heterocycles. The Kier molecular flexibility index (Phi) is 4.75. The normalized spacial score (nSPS) is 18.5. The van der Waals surface area contributed by atoms with Gasteiger partial charge in [0.15, 0.2) is 5.03 Å². The maximum absolute atomic E-state index is 12.7. The van der Waals surface area contributed by atoms with E-state index in [1.807, 2.05) is 27.7 Å². The van der Waals surface area contributed by atoms with Crippen molar-refractivity contribution in [3.05, 3.63) is 11.3 Å². The zero-order chi connectivity index (χ0) is 15.7. The van der Waals surface area contributed by atoms with Crippen molar-refractivity contribution in [2.24, 2.45) is 0 Å². The minimum absolute atomic E-state index is 0.126. The number of H-pyrrole nitrogens is 1. The van der Waals surface area contributed by atoms with Crippen molar-refractivity contribution >= 4 is 10.0 Å². The highest BCUT2D eigenvalue weighted by atomic mass is 32.2. The second kappa shape index (κ2) is 6.06. The van der Waals surface area contributed by atoms with Gasteiger partial charge in [0, 0.05) is 29.4 Å². The topological polar surface area (TPSA) is 86.9 Å². The fourth-order valence-electron chi connectivity index (χ4n) is 2.80. The van der Waals surface area contributed by atoms with Crippen molar-refractivity contribution in [1.29, 1.82) is 0 Å². The highest BCUT2D eigenvalue weighted by molar-refractivity contribution is 7.89. The van der Waals surface area contributed by atoms with E-state index in [-0.39, 0.29) is 16.6 Å². The molecule has 0 radical (unpaired) electrons. The summed E-state index contributed by atoms with van der Waals surface area (Å²) in [5.41, 5.74) is 1.17. The van der Waals surface area contributed by atoms with Crippen LogP contribution in [0, 0.1) is 6.92 Å². The summed E-state index contributed by atoms with van der Waals surface area (Å²) in [5.74, 6) is 0. The highest BCUT2D eigenvalue weighted by Crippen LogP contribution is 2.31. The van der Waals surface area contributed by atoms with Crippen LogP contribution in [0.1, 0.15) is 57.7 Å². The number of aryl methyl sites for hydroxylation is 1. The van der Waals surface area contributed by atoms with Crippen molar-refractivity contribution in [3.8, 4) is 0 Å². The van der Waals surface area contributed by atoms with Crippen LogP contribution in [-0.2, 0) is 16.6 Å². The van der Waals surface area contributed by atoms with Crippen molar-refractivity contribution in [2.45, 2.75) is 76.5 Å². The number of hydrogen-bond donors (Lipinski definition) is 3. The Morgan fingerprint density at radius 2 is 1.95 bits per heavy atom. The van der Waals surface area contributed by atoms with Crippen LogP contribution in [0.25, 0.3) is 0 Å². The molecule has 0 spiro atoms. The number of hydrogen-bond acceptors (Lipinski definition) is 4. The number of sulfonamides is 1. The van der Waals surface area contributed by atoms with Gasteiger partial charge in [0.2, 0.25) is 0 Å². The van der Waals surface area contributed by atoms with Crippen LogP contribution in [0.4, 0.5) is 0 Å². The number of nitrogens with zero attached hydrogens (tertiary/aromatic N) is 1. The summed E-state index contributed by atoms with van der Waals surface area (Å²) in [6.45, 7) is 8.37. The molecule has 0 amide bonds. The fraction of sp³-hybridized carbons (Fsp3) is 0.786. The Labute approximate surface area is 127 Å². The molecule has 1 aromatic heterocycles. The van der Waals surface area contributed by atoms with Crippen molar-refractivity contribution in [2.75, 3.05) is 0 Å². The van der Waals surface area contributed by atoms with E-state index in [2.05, 4.69) is 20.2 Å². The SMILES string of the molecule is Cc1[nH]nc(S(=O)(=O)NC2(C)CCCC2)c1CNC(C)C. The van der Waals surface area contributed by atoms with E-state index < -0.39 is 10.0 Å². The maximum Gasteiger partial charge on any atom is 0.260 e. The standard InChI is InChI=1S/C14H26N4O2S/c1-10(2)15-9-12-11(3)16-17-13(12)21(19,20)18-14(4)7-5-6-8-14/h10,15,18H,5-9H2,1-4H3,(H,16,17).